The Morgan fingerprint density at radius 1 is 0.244 bits per heavy atom. The number of rotatable bonds is 3. The van der Waals surface area contributed by atoms with E-state index in [0.29, 0.717) is 0 Å². The summed E-state index contributed by atoms with van der Waals surface area (Å²) < 4.78 is 7.31. The van der Waals surface area contributed by atoms with E-state index >= 15 is 0 Å². The van der Waals surface area contributed by atoms with Crippen molar-refractivity contribution in [2.45, 2.75) is 0 Å². The van der Waals surface area contributed by atoms with Gasteiger partial charge in [0.25, 0.3) is 0 Å². The van der Waals surface area contributed by atoms with Gasteiger partial charge in [-0.15, -0.1) is 0 Å². The first-order chi connectivity index (χ1) is 22.4. The van der Waals surface area contributed by atoms with E-state index in [4.69, 9.17) is 0 Å². The minimum absolute atomic E-state index is 1.15. The molecular formula is C42H27N3. The molecule has 0 aliphatic heterocycles. The van der Waals surface area contributed by atoms with Crippen LogP contribution < -0.4 is 0 Å². The smallest absolute Gasteiger partial charge is 0.0788 e. The molecule has 0 radical (unpaired) electrons. The molecule has 3 aromatic heterocycles. The summed E-state index contributed by atoms with van der Waals surface area (Å²) in [4.78, 5) is 0. The van der Waals surface area contributed by atoms with Gasteiger partial charge in [0.1, 0.15) is 0 Å². The van der Waals surface area contributed by atoms with Crippen LogP contribution in [0.1, 0.15) is 0 Å². The summed E-state index contributed by atoms with van der Waals surface area (Å²) in [6.07, 6.45) is 0. The Balaban J connectivity index is 1.38. The van der Waals surface area contributed by atoms with Gasteiger partial charge in [-0.1, -0.05) is 103 Å². The van der Waals surface area contributed by atoms with Gasteiger partial charge in [-0.05, 0) is 60.7 Å². The van der Waals surface area contributed by atoms with Crippen LogP contribution >= 0.6 is 0 Å². The highest BCUT2D eigenvalue weighted by atomic mass is 15.0. The van der Waals surface area contributed by atoms with E-state index in [-0.39, 0.29) is 0 Å². The summed E-state index contributed by atoms with van der Waals surface area (Å²) in [6, 6.07) is 59.4. The van der Waals surface area contributed by atoms with Crippen molar-refractivity contribution in [3.05, 3.63) is 164 Å². The minimum Gasteiger partial charge on any atom is -0.309 e. The van der Waals surface area contributed by atoms with E-state index in [0.717, 1.165) is 11.4 Å². The Morgan fingerprint density at radius 3 is 1.20 bits per heavy atom. The lowest BCUT2D eigenvalue weighted by Gasteiger charge is -2.13. The van der Waals surface area contributed by atoms with Crippen LogP contribution in [0.25, 0.3) is 82.5 Å². The van der Waals surface area contributed by atoms with Crippen LogP contribution in [0.2, 0.25) is 0 Å². The molecule has 10 aromatic rings. The van der Waals surface area contributed by atoms with E-state index in [1.807, 2.05) is 0 Å². The van der Waals surface area contributed by atoms with E-state index in [2.05, 4.69) is 177 Å². The van der Waals surface area contributed by atoms with Gasteiger partial charge in [-0.25, -0.2) is 0 Å². The lowest BCUT2D eigenvalue weighted by molar-refractivity contribution is 1.15. The second-order valence-corrected chi connectivity index (χ2v) is 11.8. The molecule has 45 heavy (non-hydrogen) atoms. The molecule has 0 bridgehead atoms. The van der Waals surface area contributed by atoms with Crippen LogP contribution in [0.5, 0.6) is 0 Å². The SMILES string of the molecule is c1ccc(-n2c3ccccc3c3cc(-n4c5ccccc5c5ccc6c7ccccc7n(-c7ccccc7)c6c54)ccc32)cc1. The molecule has 0 spiro atoms. The standard InChI is InChI=1S/C42H27N3/c1-3-13-28(14-4-1)43-37-20-10-9-19-33(37)36-27-30(23-26-40(36)43)45-39-22-12-8-18-32(39)35-25-24-34-31-17-7-11-21-38(31)44(41(34)42(35)45)29-15-5-2-6-16-29/h1-27H. The molecule has 3 heterocycles. The highest BCUT2D eigenvalue weighted by Gasteiger charge is 2.22. The summed E-state index contributed by atoms with van der Waals surface area (Å²) in [5.74, 6) is 0. The van der Waals surface area contributed by atoms with E-state index < -0.39 is 0 Å². The van der Waals surface area contributed by atoms with Gasteiger partial charge >= 0.3 is 0 Å². The average Bonchev–Trinajstić information content (AvgIpc) is 3.74. The Kier molecular flexibility index (Phi) is 5.00. The molecule has 7 aromatic carbocycles. The summed E-state index contributed by atoms with van der Waals surface area (Å²) in [6.45, 7) is 0. The predicted octanol–water partition coefficient (Wildman–Crippen LogP) is 11.0. The van der Waals surface area contributed by atoms with Crippen molar-refractivity contribution in [2.75, 3.05) is 0 Å². The maximum atomic E-state index is 2.49. The Hall–Kier alpha value is -6.06. The number of para-hydroxylation sites is 5. The van der Waals surface area contributed by atoms with Gasteiger partial charge in [0.05, 0.1) is 33.1 Å². The van der Waals surface area contributed by atoms with Crippen molar-refractivity contribution in [1.82, 2.24) is 13.7 Å². The van der Waals surface area contributed by atoms with Crippen LogP contribution in [0.4, 0.5) is 0 Å². The van der Waals surface area contributed by atoms with Crippen molar-refractivity contribution in [1.29, 1.82) is 0 Å². The molecule has 3 heteroatoms. The number of fused-ring (bicyclic) bond motifs is 10. The molecule has 3 nitrogen and oxygen atoms in total. The maximum Gasteiger partial charge on any atom is 0.0788 e. The van der Waals surface area contributed by atoms with Gasteiger partial charge < -0.3 is 13.7 Å². The normalized spacial score (nSPS) is 12.0. The van der Waals surface area contributed by atoms with Crippen molar-refractivity contribution >= 4 is 65.4 Å². The van der Waals surface area contributed by atoms with E-state index in [1.54, 1.807) is 0 Å². The fourth-order valence-corrected chi connectivity index (χ4v) is 7.57. The fourth-order valence-electron chi connectivity index (χ4n) is 7.57. The van der Waals surface area contributed by atoms with Crippen molar-refractivity contribution < 1.29 is 0 Å². The molecule has 0 N–H and O–H groups in total. The Morgan fingerprint density at radius 2 is 0.644 bits per heavy atom. The molecule has 0 unspecified atom stereocenters. The second kappa shape index (κ2) is 9.22. The van der Waals surface area contributed by atoms with E-state index in [9.17, 15) is 0 Å². The summed E-state index contributed by atoms with van der Waals surface area (Å²) >= 11 is 0. The lowest BCUT2D eigenvalue weighted by atomic mass is 10.1. The van der Waals surface area contributed by atoms with Gasteiger partial charge in [-0.2, -0.15) is 0 Å². The van der Waals surface area contributed by atoms with Gasteiger partial charge in [0.2, 0.25) is 0 Å². The zero-order valence-corrected chi connectivity index (χ0v) is 24.4. The third-order valence-electron chi connectivity index (χ3n) is 9.41. The summed E-state index contributed by atoms with van der Waals surface area (Å²) in [5.41, 5.74) is 10.8. The molecule has 0 amide bonds. The molecule has 0 saturated heterocycles. The average molecular weight is 574 g/mol. The maximum absolute atomic E-state index is 2.49. The van der Waals surface area contributed by atoms with Crippen LogP contribution in [0.15, 0.2) is 164 Å². The number of hydrogen-bond acceptors (Lipinski definition) is 0. The zero-order chi connectivity index (χ0) is 29.5. The molecule has 0 aliphatic carbocycles. The van der Waals surface area contributed by atoms with Gasteiger partial charge in [-0.3, -0.25) is 0 Å². The Labute approximate surface area is 259 Å². The largest absolute Gasteiger partial charge is 0.309 e. The van der Waals surface area contributed by atoms with Crippen molar-refractivity contribution in [3.8, 4) is 17.1 Å². The van der Waals surface area contributed by atoms with Crippen molar-refractivity contribution in [2.24, 2.45) is 0 Å². The summed E-state index contributed by atoms with van der Waals surface area (Å²) in [5, 5.41) is 7.52. The molecule has 210 valence electrons. The molecule has 0 saturated carbocycles. The predicted molar refractivity (Wildman–Crippen MR) is 189 cm³/mol. The topological polar surface area (TPSA) is 14.8 Å². The van der Waals surface area contributed by atoms with Crippen LogP contribution in [0, 0.1) is 0 Å². The highest BCUT2D eigenvalue weighted by molar-refractivity contribution is 6.24. The van der Waals surface area contributed by atoms with Crippen LogP contribution in [-0.4, -0.2) is 13.7 Å². The zero-order valence-electron chi connectivity index (χ0n) is 24.4. The quantitative estimate of drug-likeness (QED) is 0.200. The Bertz CT molecular complexity index is 2740. The molecule has 0 atom stereocenters. The van der Waals surface area contributed by atoms with Crippen molar-refractivity contribution in [3.63, 3.8) is 0 Å². The lowest BCUT2D eigenvalue weighted by Crippen LogP contribution is -1.99. The highest BCUT2D eigenvalue weighted by Crippen LogP contribution is 2.42. The molecule has 0 fully saturated rings. The summed E-state index contributed by atoms with van der Waals surface area (Å²) in [7, 11) is 0. The fraction of sp³-hybridized carbons (Fsp3) is 0. The second-order valence-electron chi connectivity index (χ2n) is 11.8. The van der Waals surface area contributed by atoms with Gasteiger partial charge in [0.15, 0.2) is 0 Å². The molecule has 0 aliphatic rings. The van der Waals surface area contributed by atoms with E-state index in [1.165, 1.54) is 71.1 Å². The van der Waals surface area contributed by atoms with Crippen LogP contribution in [-0.2, 0) is 0 Å². The third-order valence-corrected chi connectivity index (χ3v) is 9.41. The minimum atomic E-state index is 1.15. The first-order valence-corrected chi connectivity index (χ1v) is 15.5. The molecule has 10 rings (SSSR count). The first kappa shape index (κ1) is 24.4. The third kappa shape index (κ3) is 3.35. The molecular weight excluding hydrogens is 546 g/mol. The van der Waals surface area contributed by atoms with Gasteiger partial charge in [0, 0.05) is 49.4 Å². The monoisotopic (exact) mass is 573 g/mol. The van der Waals surface area contributed by atoms with Crippen LogP contribution in [0.3, 0.4) is 0 Å². The number of benzene rings is 7. The number of hydrogen-bond donors (Lipinski definition) is 0. The number of nitrogens with zero attached hydrogens (tertiary/aromatic N) is 3. The number of aromatic nitrogens is 3. The first-order valence-electron chi connectivity index (χ1n) is 15.5.